The molecule has 38 heavy (non-hydrogen) atoms. The Morgan fingerprint density at radius 3 is 1.95 bits per heavy atom. The lowest BCUT2D eigenvalue weighted by molar-refractivity contribution is -0.138. The van der Waals surface area contributed by atoms with Gasteiger partial charge in [-0.15, -0.1) is 0 Å². The van der Waals surface area contributed by atoms with Crippen LogP contribution in [-0.2, 0) is 22.6 Å². The molecule has 1 atom stereocenters. The standard InChI is InChI=1S/C34H42N2O2/c1-2-32(30-19-11-5-12-20-30)34(38)36(31-21-13-6-14-22-31)26-24-33(37)35(27-29-17-9-4-10-18-29)25-23-28-15-7-3-8-16-28/h3-5,7-12,15-20,31-32H,2,6,13-14,21-27H2,1H3. The maximum absolute atomic E-state index is 14.0. The molecule has 1 fully saturated rings. The fourth-order valence-corrected chi connectivity index (χ4v) is 5.68. The van der Waals surface area contributed by atoms with Gasteiger partial charge in [0.1, 0.15) is 0 Å². The minimum absolute atomic E-state index is 0.117. The smallest absolute Gasteiger partial charge is 0.230 e. The second-order valence-electron chi connectivity index (χ2n) is 10.5. The van der Waals surface area contributed by atoms with Gasteiger partial charge >= 0.3 is 0 Å². The van der Waals surface area contributed by atoms with Crippen LogP contribution in [0.15, 0.2) is 91.0 Å². The minimum Gasteiger partial charge on any atom is -0.339 e. The highest BCUT2D eigenvalue weighted by atomic mass is 16.2. The highest BCUT2D eigenvalue weighted by Gasteiger charge is 2.31. The Kier molecular flexibility index (Phi) is 10.6. The molecule has 1 saturated carbocycles. The van der Waals surface area contributed by atoms with Gasteiger partial charge in [0.15, 0.2) is 0 Å². The molecule has 0 spiro atoms. The molecule has 3 aromatic rings. The van der Waals surface area contributed by atoms with E-state index in [-0.39, 0.29) is 23.8 Å². The number of hydrogen-bond acceptors (Lipinski definition) is 2. The lowest BCUT2D eigenvalue weighted by Crippen LogP contribution is -2.46. The van der Waals surface area contributed by atoms with Crippen LogP contribution in [0.2, 0.25) is 0 Å². The summed E-state index contributed by atoms with van der Waals surface area (Å²) in [5, 5.41) is 0. The van der Waals surface area contributed by atoms with Crippen LogP contribution in [-0.4, -0.2) is 40.7 Å². The molecule has 200 valence electrons. The van der Waals surface area contributed by atoms with E-state index in [0.29, 0.717) is 26.1 Å². The third kappa shape index (κ3) is 7.80. The van der Waals surface area contributed by atoms with Crippen LogP contribution >= 0.6 is 0 Å². The molecule has 2 amide bonds. The van der Waals surface area contributed by atoms with Gasteiger partial charge in [-0.1, -0.05) is 117 Å². The van der Waals surface area contributed by atoms with Crippen molar-refractivity contribution in [3.8, 4) is 0 Å². The van der Waals surface area contributed by atoms with E-state index in [1.165, 1.54) is 12.0 Å². The van der Waals surface area contributed by atoms with Crippen LogP contribution < -0.4 is 0 Å². The predicted octanol–water partition coefficient (Wildman–Crippen LogP) is 7.00. The van der Waals surface area contributed by atoms with E-state index in [4.69, 9.17) is 0 Å². The largest absolute Gasteiger partial charge is 0.339 e. The number of nitrogens with zero attached hydrogens (tertiary/aromatic N) is 2. The van der Waals surface area contributed by atoms with Crippen LogP contribution in [0.1, 0.15) is 74.5 Å². The highest BCUT2D eigenvalue weighted by Crippen LogP contribution is 2.28. The molecule has 4 heteroatoms. The molecule has 0 heterocycles. The minimum atomic E-state index is -0.160. The molecule has 1 aliphatic rings. The fourth-order valence-electron chi connectivity index (χ4n) is 5.68. The first kappa shape index (κ1) is 27.6. The fraction of sp³-hybridized carbons (Fsp3) is 0.412. The molecule has 0 radical (unpaired) electrons. The number of rotatable bonds is 12. The zero-order valence-corrected chi connectivity index (χ0v) is 22.8. The summed E-state index contributed by atoms with van der Waals surface area (Å²) >= 11 is 0. The van der Waals surface area contributed by atoms with Crippen LogP contribution in [0.25, 0.3) is 0 Å². The van der Waals surface area contributed by atoms with Crippen molar-refractivity contribution in [2.24, 2.45) is 0 Å². The summed E-state index contributed by atoms with van der Waals surface area (Å²) in [6.45, 7) is 3.83. The van der Waals surface area contributed by atoms with E-state index in [1.54, 1.807) is 0 Å². The van der Waals surface area contributed by atoms with Crippen LogP contribution in [0.3, 0.4) is 0 Å². The second-order valence-corrected chi connectivity index (χ2v) is 10.5. The summed E-state index contributed by atoms with van der Waals surface area (Å²) in [5.41, 5.74) is 3.43. The van der Waals surface area contributed by atoms with Gasteiger partial charge in [0.2, 0.25) is 11.8 Å². The van der Waals surface area contributed by atoms with E-state index >= 15 is 0 Å². The maximum Gasteiger partial charge on any atom is 0.230 e. The molecule has 0 aliphatic heterocycles. The molecule has 4 rings (SSSR count). The van der Waals surface area contributed by atoms with Crippen LogP contribution in [0, 0.1) is 0 Å². The monoisotopic (exact) mass is 510 g/mol. The number of benzene rings is 3. The first-order valence-electron chi connectivity index (χ1n) is 14.4. The number of hydrogen-bond donors (Lipinski definition) is 0. The van der Waals surface area contributed by atoms with E-state index in [2.05, 4.69) is 48.2 Å². The van der Waals surface area contributed by atoms with Crippen molar-refractivity contribution >= 4 is 11.8 Å². The normalized spacial score (nSPS) is 14.6. The quantitative estimate of drug-likeness (QED) is 0.263. The van der Waals surface area contributed by atoms with Crippen molar-refractivity contribution in [2.45, 2.75) is 76.8 Å². The average Bonchev–Trinajstić information content (AvgIpc) is 2.98. The van der Waals surface area contributed by atoms with E-state index in [1.807, 2.05) is 59.5 Å². The van der Waals surface area contributed by atoms with Gasteiger partial charge in [0.05, 0.1) is 5.92 Å². The summed E-state index contributed by atoms with van der Waals surface area (Å²) in [6.07, 6.45) is 7.55. The molecule has 0 bridgehead atoms. The first-order chi connectivity index (χ1) is 18.7. The number of amides is 2. The molecule has 1 unspecified atom stereocenters. The summed E-state index contributed by atoms with van der Waals surface area (Å²) in [6, 6.07) is 30.9. The Morgan fingerprint density at radius 1 is 0.763 bits per heavy atom. The van der Waals surface area contributed by atoms with E-state index < -0.39 is 0 Å². The summed E-state index contributed by atoms with van der Waals surface area (Å²) in [7, 11) is 0. The van der Waals surface area contributed by atoms with Crippen molar-refractivity contribution in [2.75, 3.05) is 13.1 Å². The van der Waals surface area contributed by atoms with Crippen molar-refractivity contribution in [1.29, 1.82) is 0 Å². The molecule has 0 N–H and O–H groups in total. The molecular formula is C34H42N2O2. The van der Waals surface area contributed by atoms with Crippen molar-refractivity contribution < 1.29 is 9.59 Å². The lowest BCUT2D eigenvalue weighted by Gasteiger charge is -2.37. The van der Waals surface area contributed by atoms with Gasteiger partial charge in [-0.25, -0.2) is 0 Å². The van der Waals surface area contributed by atoms with Gasteiger partial charge in [-0.3, -0.25) is 9.59 Å². The Hall–Kier alpha value is -3.40. The van der Waals surface area contributed by atoms with Crippen LogP contribution in [0.4, 0.5) is 0 Å². The second kappa shape index (κ2) is 14.5. The molecular weight excluding hydrogens is 468 g/mol. The first-order valence-corrected chi connectivity index (χ1v) is 14.4. The van der Waals surface area contributed by atoms with E-state index in [0.717, 1.165) is 49.7 Å². The van der Waals surface area contributed by atoms with E-state index in [9.17, 15) is 9.59 Å². The Labute approximate surface area is 228 Å². The third-order valence-corrected chi connectivity index (χ3v) is 7.86. The summed E-state index contributed by atoms with van der Waals surface area (Å²) < 4.78 is 0. The van der Waals surface area contributed by atoms with Crippen LogP contribution in [0.5, 0.6) is 0 Å². The number of carbonyl (C=O) groups excluding carboxylic acids is 2. The SMILES string of the molecule is CCC(C(=O)N(CCC(=O)N(CCc1ccccc1)Cc1ccccc1)C1CCCCC1)c1ccccc1. The van der Waals surface area contributed by atoms with Gasteiger partial charge in [0, 0.05) is 32.1 Å². The molecule has 0 saturated heterocycles. The zero-order valence-electron chi connectivity index (χ0n) is 22.8. The molecule has 0 aromatic heterocycles. The zero-order chi connectivity index (χ0) is 26.6. The summed E-state index contributed by atoms with van der Waals surface area (Å²) in [4.78, 5) is 31.7. The Balaban J connectivity index is 1.48. The van der Waals surface area contributed by atoms with Crippen molar-refractivity contribution in [3.05, 3.63) is 108 Å². The Morgan fingerprint density at radius 2 is 1.34 bits per heavy atom. The third-order valence-electron chi connectivity index (χ3n) is 7.86. The van der Waals surface area contributed by atoms with Gasteiger partial charge in [0.25, 0.3) is 0 Å². The molecule has 1 aliphatic carbocycles. The van der Waals surface area contributed by atoms with Gasteiger partial charge in [-0.05, 0) is 42.4 Å². The topological polar surface area (TPSA) is 40.6 Å². The lowest BCUT2D eigenvalue weighted by atomic mass is 9.90. The van der Waals surface area contributed by atoms with Crippen molar-refractivity contribution in [3.63, 3.8) is 0 Å². The van der Waals surface area contributed by atoms with Gasteiger partial charge in [-0.2, -0.15) is 0 Å². The highest BCUT2D eigenvalue weighted by molar-refractivity contribution is 5.85. The average molecular weight is 511 g/mol. The number of carbonyl (C=O) groups is 2. The van der Waals surface area contributed by atoms with Crippen molar-refractivity contribution in [1.82, 2.24) is 9.80 Å². The summed E-state index contributed by atoms with van der Waals surface area (Å²) in [5.74, 6) is 0.134. The predicted molar refractivity (Wildman–Crippen MR) is 155 cm³/mol. The Bertz CT molecular complexity index is 1110. The molecule has 3 aromatic carbocycles. The van der Waals surface area contributed by atoms with Gasteiger partial charge < -0.3 is 9.80 Å². The maximum atomic E-state index is 14.0. The molecule has 4 nitrogen and oxygen atoms in total.